The Morgan fingerprint density at radius 1 is 1.16 bits per heavy atom. The summed E-state index contributed by atoms with van der Waals surface area (Å²) in [7, 11) is 3.79. The molecule has 0 aliphatic heterocycles. The first-order valence-corrected chi connectivity index (χ1v) is 7.44. The highest BCUT2D eigenvalue weighted by Gasteiger charge is 2.17. The van der Waals surface area contributed by atoms with Crippen LogP contribution in [0.1, 0.15) is 17.8 Å². The number of nitrogens with zero attached hydrogens (tertiary/aromatic N) is 1. The summed E-state index contributed by atoms with van der Waals surface area (Å²) < 4.78 is 0. The summed E-state index contributed by atoms with van der Waals surface area (Å²) in [6.07, 6.45) is 0. The number of anilines is 1. The van der Waals surface area contributed by atoms with Crippen LogP contribution in [-0.4, -0.2) is 19.1 Å². The number of aromatic nitrogens is 1. The first-order valence-electron chi connectivity index (χ1n) is 5.87. The highest BCUT2D eigenvalue weighted by Crippen LogP contribution is 2.37. The van der Waals surface area contributed by atoms with E-state index in [1.165, 1.54) is 0 Å². The lowest BCUT2D eigenvalue weighted by Gasteiger charge is -2.10. The molecular weight excluding hydrogens is 301 g/mol. The Morgan fingerprint density at radius 2 is 1.79 bits per heavy atom. The molecule has 0 fully saturated rings. The molecule has 19 heavy (non-hydrogen) atoms. The topological polar surface area (TPSA) is 37.0 Å². The standard InChI is InChI=1S/C13H15Cl2N3S/c1-7(16-2)12-11(18-13(17-3)19-12)8-4-9(14)6-10(15)5-8/h4-7,16H,1-3H3,(H,17,18). The van der Waals surface area contributed by atoms with Crippen molar-refractivity contribution in [3.63, 3.8) is 0 Å². The van der Waals surface area contributed by atoms with E-state index in [2.05, 4.69) is 22.5 Å². The maximum Gasteiger partial charge on any atom is 0.183 e. The van der Waals surface area contributed by atoms with Crippen LogP contribution >= 0.6 is 34.5 Å². The molecule has 1 heterocycles. The lowest BCUT2D eigenvalue weighted by molar-refractivity contribution is 0.664. The molecule has 6 heteroatoms. The van der Waals surface area contributed by atoms with Crippen molar-refractivity contribution in [2.75, 3.05) is 19.4 Å². The van der Waals surface area contributed by atoms with Crippen molar-refractivity contribution in [1.29, 1.82) is 0 Å². The van der Waals surface area contributed by atoms with Crippen molar-refractivity contribution in [3.05, 3.63) is 33.1 Å². The van der Waals surface area contributed by atoms with Gasteiger partial charge in [0.25, 0.3) is 0 Å². The molecule has 2 N–H and O–H groups in total. The number of benzene rings is 1. The van der Waals surface area contributed by atoms with Gasteiger partial charge in [0.05, 0.1) is 10.6 Å². The van der Waals surface area contributed by atoms with E-state index < -0.39 is 0 Å². The third-order valence-electron chi connectivity index (χ3n) is 2.83. The SMILES string of the molecule is CNc1nc(-c2cc(Cl)cc(Cl)c2)c(C(C)NC)s1. The largest absolute Gasteiger partial charge is 0.365 e. The second-order valence-electron chi connectivity index (χ2n) is 4.15. The quantitative estimate of drug-likeness (QED) is 0.875. The summed E-state index contributed by atoms with van der Waals surface area (Å²) in [5.41, 5.74) is 1.85. The zero-order chi connectivity index (χ0) is 14.0. The number of nitrogens with one attached hydrogen (secondary N) is 2. The minimum atomic E-state index is 0.215. The lowest BCUT2D eigenvalue weighted by atomic mass is 10.1. The van der Waals surface area contributed by atoms with Gasteiger partial charge in [0, 0.05) is 28.7 Å². The van der Waals surface area contributed by atoms with Gasteiger partial charge in [-0.1, -0.05) is 34.5 Å². The Hall–Kier alpha value is -0.810. The van der Waals surface area contributed by atoms with Gasteiger partial charge >= 0.3 is 0 Å². The molecule has 2 aromatic rings. The molecule has 102 valence electrons. The number of halogens is 2. The Kier molecular flexibility index (Phi) is 4.68. The lowest BCUT2D eigenvalue weighted by Crippen LogP contribution is -2.11. The molecule has 0 bridgehead atoms. The molecule has 0 aliphatic carbocycles. The van der Waals surface area contributed by atoms with Crippen LogP contribution in [0.3, 0.4) is 0 Å². The molecule has 0 saturated carbocycles. The van der Waals surface area contributed by atoms with Crippen LogP contribution in [0.5, 0.6) is 0 Å². The minimum Gasteiger partial charge on any atom is -0.365 e. The fourth-order valence-corrected chi connectivity index (χ4v) is 3.29. The zero-order valence-corrected chi connectivity index (χ0v) is 13.2. The molecule has 1 atom stereocenters. The summed E-state index contributed by atoms with van der Waals surface area (Å²) in [5.74, 6) is 0. The van der Waals surface area contributed by atoms with E-state index in [0.717, 1.165) is 21.3 Å². The van der Waals surface area contributed by atoms with Crippen molar-refractivity contribution in [2.24, 2.45) is 0 Å². The number of thiazole rings is 1. The predicted molar refractivity (Wildman–Crippen MR) is 84.6 cm³/mol. The second kappa shape index (κ2) is 6.09. The van der Waals surface area contributed by atoms with E-state index in [4.69, 9.17) is 23.2 Å². The van der Waals surface area contributed by atoms with Crippen LogP contribution in [0, 0.1) is 0 Å². The average Bonchev–Trinajstić information content (AvgIpc) is 2.81. The highest BCUT2D eigenvalue weighted by molar-refractivity contribution is 7.16. The summed E-state index contributed by atoms with van der Waals surface area (Å²) in [4.78, 5) is 5.76. The van der Waals surface area contributed by atoms with E-state index >= 15 is 0 Å². The van der Waals surface area contributed by atoms with Crippen molar-refractivity contribution < 1.29 is 0 Å². The van der Waals surface area contributed by atoms with Crippen molar-refractivity contribution in [1.82, 2.24) is 10.3 Å². The first kappa shape index (κ1) is 14.6. The molecule has 0 saturated heterocycles. The number of hydrogen-bond donors (Lipinski definition) is 2. The van der Waals surface area contributed by atoms with Gasteiger partial charge in [0.1, 0.15) is 0 Å². The van der Waals surface area contributed by atoms with Gasteiger partial charge in [-0.05, 0) is 32.2 Å². The molecule has 0 radical (unpaired) electrons. The Labute approximate surface area is 127 Å². The molecule has 0 amide bonds. The Balaban J connectivity index is 2.56. The predicted octanol–water partition coefficient (Wildman–Crippen LogP) is 4.44. The Morgan fingerprint density at radius 3 is 2.32 bits per heavy atom. The van der Waals surface area contributed by atoms with E-state index in [1.54, 1.807) is 17.4 Å². The fraction of sp³-hybridized carbons (Fsp3) is 0.308. The number of hydrogen-bond acceptors (Lipinski definition) is 4. The normalized spacial score (nSPS) is 12.5. The molecule has 2 rings (SSSR count). The van der Waals surface area contributed by atoms with Crippen LogP contribution in [0.4, 0.5) is 5.13 Å². The van der Waals surface area contributed by atoms with Gasteiger partial charge in [0.2, 0.25) is 0 Å². The molecule has 0 spiro atoms. The average molecular weight is 316 g/mol. The van der Waals surface area contributed by atoms with E-state index in [-0.39, 0.29) is 6.04 Å². The van der Waals surface area contributed by atoms with Crippen LogP contribution in [0.2, 0.25) is 10.0 Å². The highest BCUT2D eigenvalue weighted by atomic mass is 35.5. The summed E-state index contributed by atoms with van der Waals surface area (Å²) >= 11 is 13.8. The second-order valence-corrected chi connectivity index (χ2v) is 6.05. The molecule has 1 unspecified atom stereocenters. The van der Waals surface area contributed by atoms with Crippen molar-refractivity contribution in [3.8, 4) is 11.3 Å². The van der Waals surface area contributed by atoms with Gasteiger partial charge in [-0.2, -0.15) is 0 Å². The van der Waals surface area contributed by atoms with Gasteiger partial charge < -0.3 is 10.6 Å². The molecular formula is C13H15Cl2N3S. The van der Waals surface area contributed by atoms with Crippen LogP contribution in [-0.2, 0) is 0 Å². The van der Waals surface area contributed by atoms with Gasteiger partial charge in [0.15, 0.2) is 5.13 Å². The molecule has 3 nitrogen and oxygen atoms in total. The third kappa shape index (κ3) is 3.20. The molecule has 0 aliphatic rings. The fourth-order valence-electron chi connectivity index (χ4n) is 1.76. The third-order valence-corrected chi connectivity index (χ3v) is 4.52. The zero-order valence-electron chi connectivity index (χ0n) is 10.9. The first-order chi connectivity index (χ1) is 9.05. The Bertz CT molecular complexity index is 563. The summed E-state index contributed by atoms with van der Waals surface area (Å²) in [5, 5.41) is 8.42. The minimum absolute atomic E-state index is 0.215. The monoisotopic (exact) mass is 315 g/mol. The van der Waals surface area contributed by atoms with Gasteiger partial charge in [-0.15, -0.1) is 0 Å². The molecule has 1 aromatic heterocycles. The van der Waals surface area contributed by atoms with Gasteiger partial charge in [-0.3, -0.25) is 0 Å². The van der Waals surface area contributed by atoms with E-state index in [0.29, 0.717) is 10.0 Å². The maximum absolute atomic E-state index is 6.07. The summed E-state index contributed by atoms with van der Waals surface area (Å²) in [6.45, 7) is 2.10. The number of rotatable bonds is 4. The van der Waals surface area contributed by atoms with Gasteiger partial charge in [-0.25, -0.2) is 4.98 Å². The van der Waals surface area contributed by atoms with Crippen LogP contribution in [0.15, 0.2) is 18.2 Å². The van der Waals surface area contributed by atoms with E-state index in [9.17, 15) is 0 Å². The maximum atomic E-state index is 6.07. The smallest absolute Gasteiger partial charge is 0.183 e. The van der Waals surface area contributed by atoms with E-state index in [1.807, 2.05) is 26.2 Å². The molecule has 1 aromatic carbocycles. The van der Waals surface area contributed by atoms with Crippen LogP contribution in [0.25, 0.3) is 11.3 Å². The van der Waals surface area contributed by atoms with Crippen molar-refractivity contribution in [2.45, 2.75) is 13.0 Å². The van der Waals surface area contributed by atoms with Crippen molar-refractivity contribution >= 4 is 39.7 Å². The summed E-state index contributed by atoms with van der Waals surface area (Å²) in [6, 6.07) is 5.70. The van der Waals surface area contributed by atoms with Crippen LogP contribution < -0.4 is 10.6 Å².